The van der Waals surface area contributed by atoms with E-state index in [9.17, 15) is 26.9 Å². The van der Waals surface area contributed by atoms with Crippen molar-refractivity contribution in [3.05, 3.63) is 39.9 Å². The maximum absolute atomic E-state index is 13.5. The third kappa shape index (κ3) is 3.58. The van der Waals surface area contributed by atoms with Crippen LogP contribution in [0.5, 0.6) is 5.75 Å². The van der Waals surface area contributed by atoms with Crippen LogP contribution in [0.3, 0.4) is 0 Å². The van der Waals surface area contributed by atoms with E-state index in [-0.39, 0.29) is 29.0 Å². The number of halogens is 4. The predicted octanol–water partition coefficient (Wildman–Crippen LogP) is 4.38. The smallest absolute Gasteiger partial charge is 0.419 e. The molecule has 9 heteroatoms. The first kappa shape index (κ1) is 17.5. The summed E-state index contributed by atoms with van der Waals surface area (Å²) in [5.41, 5.74) is -2.33. The molecule has 0 saturated heterocycles. The number of hydrogen-bond acceptors (Lipinski definition) is 3. The zero-order chi connectivity index (χ0) is 17.4. The normalized spacial score (nSPS) is 12.6. The molecule has 126 valence electrons. The van der Waals surface area contributed by atoms with Crippen LogP contribution in [-0.2, 0) is 10.7 Å². The van der Waals surface area contributed by atoms with Gasteiger partial charge in [0.15, 0.2) is 5.75 Å². The maximum atomic E-state index is 13.5. The fourth-order valence-corrected chi connectivity index (χ4v) is 3.22. The Balaban J connectivity index is 2.62. The molecule has 2 rings (SSSR count). The minimum Gasteiger partial charge on any atom is -0.437 e. The number of pyridine rings is 1. The van der Waals surface area contributed by atoms with E-state index >= 15 is 0 Å². The molecule has 1 aromatic heterocycles. The number of aromatic amines is 1. The number of rotatable bonds is 4. The van der Waals surface area contributed by atoms with Gasteiger partial charge in [-0.05, 0) is 18.2 Å². The molecule has 0 aliphatic heterocycles. The molecule has 1 aromatic carbocycles. The van der Waals surface area contributed by atoms with Gasteiger partial charge in [-0.1, -0.05) is 13.8 Å². The lowest BCUT2D eigenvalue weighted by Gasteiger charge is -2.16. The Morgan fingerprint density at radius 1 is 1.17 bits per heavy atom. The summed E-state index contributed by atoms with van der Waals surface area (Å²) < 4.78 is 69.3. The monoisotopic (exact) mass is 351 g/mol. The van der Waals surface area contributed by atoms with Crippen LogP contribution >= 0.6 is 7.37 Å². The van der Waals surface area contributed by atoms with Gasteiger partial charge in [0.1, 0.15) is 5.82 Å². The summed E-state index contributed by atoms with van der Waals surface area (Å²) in [5, 5.41) is -0.0629. The summed E-state index contributed by atoms with van der Waals surface area (Å²) in [4.78, 5) is 14.1. The standard InChI is InChI=1S/C14H14F4NO3P/c1-3-23(21,4-2)22-12-6-8-5-9(14(16,17)18)10(15)7-11(8)19-13(12)20/h5-7H,3-4H2,1-2H3,(H,19,20). The SMILES string of the molecule is CCP(=O)(CC)Oc1cc2cc(C(F)(F)F)c(F)cc2[nH]c1=O. The molecule has 1 N–H and O–H groups in total. The number of H-pyrrole nitrogens is 1. The lowest BCUT2D eigenvalue weighted by molar-refractivity contribution is -0.139. The van der Waals surface area contributed by atoms with Gasteiger partial charge in [0.05, 0.1) is 11.1 Å². The molecule has 0 aliphatic rings. The number of benzene rings is 1. The van der Waals surface area contributed by atoms with Crippen LogP contribution in [0.25, 0.3) is 10.9 Å². The van der Waals surface area contributed by atoms with Crippen molar-refractivity contribution in [3.8, 4) is 5.75 Å². The van der Waals surface area contributed by atoms with E-state index in [2.05, 4.69) is 4.98 Å². The van der Waals surface area contributed by atoms with Gasteiger partial charge in [-0.2, -0.15) is 13.2 Å². The second-order valence-corrected chi connectivity index (χ2v) is 7.99. The van der Waals surface area contributed by atoms with E-state index < -0.39 is 30.5 Å². The van der Waals surface area contributed by atoms with Crippen molar-refractivity contribution >= 4 is 18.3 Å². The van der Waals surface area contributed by atoms with Crippen molar-refractivity contribution in [2.24, 2.45) is 0 Å². The van der Waals surface area contributed by atoms with Gasteiger partial charge in [-0.15, -0.1) is 0 Å². The van der Waals surface area contributed by atoms with Gasteiger partial charge in [0, 0.05) is 17.7 Å². The van der Waals surface area contributed by atoms with Crippen molar-refractivity contribution in [1.29, 1.82) is 0 Å². The summed E-state index contributed by atoms with van der Waals surface area (Å²) in [7, 11) is -3.08. The highest BCUT2D eigenvalue weighted by Crippen LogP contribution is 2.45. The van der Waals surface area contributed by atoms with E-state index in [0.717, 1.165) is 6.07 Å². The third-order valence-electron chi connectivity index (χ3n) is 3.43. The highest BCUT2D eigenvalue weighted by atomic mass is 31.2. The van der Waals surface area contributed by atoms with Gasteiger partial charge in [-0.3, -0.25) is 9.36 Å². The minimum atomic E-state index is -4.86. The van der Waals surface area contributed by atoms with Gasteiger partial charge >= 0.3 is 6.18 Å². The molecular formula is C14H14F4NO3P. The van der Waals surface area contributed by atoms with E-state index in [1.165, 1.54) is 0 Å². The molecule has 0 aliphatic carbocycles. The molecular weight excluding hydrogens is 337 g/mol. The number of hydrogen-bond donors (Lipinski definition) is 1. The average Bonchev–Trinajstić information content (AvgIpc) is 2.46. The van der Waals surface area contributed by atoms with Crippen LogP contribution in [0.4, 0.5) is 17.6 Å². The van der Waals surface area contributed by atoms with Crippen LogP contribution in [-0.4, -0.2) is 17.3 Å². The summed E-state index contributed by atoms with van der Waals surface area (Å²) >= 11 is 0. The Morgan fingerprint density at radius 2 is 1.78 bits per heavy atom. The van der Waals surface area contributed by atoms with Crippen molar-refractivity contribution in [2.75, 3.05) is 12.3 Å². The zero-order valence-electron chi connectivity index (χ0n) is 12.3. The Bertz CT molecular complexity index is 836. The van der Waals surface area contributed by atoms with E-state index in [4.69, 9.17) is 4.52 Å². The predicted molar refractivity (Wildman–Crippen MR) is 78.8 cm³/mol. The summed E-state index contributed by atoms with van der Waals surface area (Å²) in [6.07, 6.45) is -4.51. The lowest BCUT2D eigenvalue weighted by Crippen LogP contribution is -2.13. The quantitative estimate of drug-likeness (QED) is 0.657. The Kier molecular flexibility index (Phi) is 4.57. The number of nitrogens with one attached hydrogen (secondary N) is 1. The van der Waals surface area contributed by atoms with Crippen LogP contribution in [0, 0.1) is 5.82 Å². The molecule has 0 radical (unpaired) electrons. The van der Waals surface area contributed by atoms with Crippen molar-refractivity contribution in [2.45, 2.75) is 20.0 Å². The lowest BCUT2D eigenvalue weighted by atomic mass is 10.1. The molecule has 4 nitrogen and oxygen atoms in total. The Hall–Kier alpha value is -1.82. The minimum absolute atomic E-state index is 0.0629. The van der Waals surface area contributed by atoms with Crippen LogP contribution in [0.15, 0.2) is 23.0 Å². The molecule has 0 unspecified atom stereocenters. The molecule has 0 atom stereocenters. The van der Waals surface area contributed by atoms with Crippen molar-refractivity contribution in [1.82, 2.24) is 4.98 Å². The van der Waals surface area contributed by atoms with Gasteiger partial charge in [0.25, 0.3) is 5.56 Å². The molecule has 0 fully saturated rings. The van der Waals surface area contributed by atoms with Crippen LogP contribution < -0.4 is 10.1 Å². The summed E-state index contributed by atoms with van der Waals surface area (Å²) in [6.45, 7) is 3.24. The Morgan fingerprint density at radius 3 is 2.30 bits per heavy atom. The van der Waals surface area contributed by atoms with Gasteiger partial charge in [-0.25, -0.2) is 4.39 Å². The number of aromatic nitrogens is 1. The van der Waals surface area contributed by atoms with Crippen molar-refractivity contribution in [3.63, 3.8) is 0 Å². The number of alkyl halides is 3. The molecule has 0 spiro atoms. The molecule has 1 heterocycles. The van der Waals surface area contributed by atoms with Gasteiger partial charge in [0.2, 0.25) is 7.37 Å². The largest absolute Gasteiger partial charge is 0.437 e. The third-order valence-corrected chi connectivity index (χ3v) is 5.89. The van der Waals surface area contributed by atoms with E-state index in [1.807, 2.05) is 0 Å². The fourth-order valence-electron chi connectivity index (χ4n) is 2.03. The summed E-state index contributed by atoms with van der Waals surface area (Å²) in [5.74, 6) is -1.83. The first-order chi connectivity index (χ1) is 10.6. The molecule has 0 amide bonds. The molecule has 0 saturated carbocycles. The van der Waals surface area contributed by atoms with E-state index in [0.29, 0.717) is 12.1 Å². The van der Waals surface area contributed by atoms with Gasteiger partial charge < -0.3 is 9.51 Å². The average molecular weight is 351 g/mol. The fraction of sp³-hybridized carbons (Fsp3) is 0.357. The second-order valence-electron chi connectivity index (χ2n) is 4.92. The number of fused-ring (bicyclic) bond motifs is 1. The first-order valence-corrected chi connectivity index (χ1v) is 8.80. The van der Waals surface area contributed by atoms with Crippen molar-refractivity contribution < 1.29 is 26.7 Å². The maximum Gasteiger partial charge on any atom is 0.419 e. The summed E-state index contributed by atoms with van der Waals surface area (Å²) in [6, 6.07) is 2.22. The highest BCUT2D eigenvalue weighted by molar-refractivity contribution is 7.59. The topological polar surface area (TPSA) is 59.2 Å². The zero-order valence-corrected chi connectivity index (χ0v) is 13.2. The van der Waals surface area contributed by atoms with Crippen LogP contribution in [0.2, 0.25) is 0 Å². The Labute approximate surface area is 128 Å². The van der Waals surface area contributed by atoms with Crippen LogP contribution in [0.1, 0.15) is 19.4 Å². The second kappa shape index (κ2) is 6.00. The molecule has 2 aromatic rings. The first-order valence-electron chi connectivity index (χ1n) is 6.81. The molecule has 0 bridgehead atoms. The van der Waals surface area contributed by atoms with E-state index in [1.54, 1.807) is 13.8 Å². The molecule has 23 heavy (non-hydrogen) atoms. The highest BCUT2D eigenvalue weighted by Gasteiger charge is 2.34.